The number of ether oxygens (including phenoxy) is 1. The van der Waals surface area contributed by atoms with Gasteiger partial charge in [0, 0.05) is 54.9 Å². The summed E-state index contributed by atoms with van der Waals surface area (Å²) in [6.45, 7) is 11.6. The summed E-state index contributed by atoms with van der Waals surface area (Å²) < 4.78 is 25.3. The summed E-state index contributed by atoms with van der Waals surface area (Å²) in [6, 6.07) is 12.4. The topological polar surface area (TPSA) is 79.6 Å². The van der Waals surface area contributed by atoms with Gasteiger partial charge in [-0.05, 0) is 54.7 Å². The Morgan fingerprint density at radius 3 is 2.71 bits per heavy atom. The molecule has 0 atom stereocenters. The fourth-order valence-corrected chi connectivity index (χ4v) is 3.92. The number of carbonyl (C=O) groups excluding carboxylic acids is 1. The first-order valence-corrected chi connectivity index (χ1v) is 11.9. The fraction of sp³-hybridized carbons (Fsp3) is 0.407. The van der Waals surface area contributed by atoms with Gasteiger partial charge in [0.25, 0.3) is 5.91 Å². The van der Waals surface area contributed by atoms with Gasteiger partial charge in [-0.3, -0.25) is 4.79 Å². The Labute approximate surface area is 205 Å². The van der Waals surface area contributed by atoms with E-state index in [1.165, 1.54) is 6.07 Å². The van der Waals surface area contributed by atoms with Crippen LogP contribution in [0.1, 0.15) is 43.3 Å². The van der Waals surface area contributed by atoms with Gasteiger partial charge in [0.15, 0.2) is 0 Å². The molecule has 1 fully saturated rings. The van der Waals surface area contributed by atoms with E-state index in [0.29, 0.717) is 24.5 Å². The molecule has 0 radical (unpaired) electrons. The van der Waals surface area contributed by atoms with Crippen molar-refractivity contribution in [3.8, 4) is 11.3 Å². The molecule has 1 amide bonds. The van der Waals surface area contributed by atoms with E-state index in [9.17, 15) is 9.18 Å². The Kier molecular flexibility index (Phi) is 7.40. The number of benzene rings is 2. The van der Waals surface area contributed by atoms with Gasteiger partial charge in [0.05, 0.1) is 6.61 Å². The molecule has 35 heavy (non-hydrogen) atoms. The zero-order valence-corrected chi connectivity index (χ0v) is 20.8. The average molecular weight is 481 g/mol. The lowest BCUT2D eigenvalue weighted by atomic mass is 9.97. The highest BCUT2D eigenvalue weighted by atomic mass is 19.1. The molecule has 4 rings (SSSR count). The molecule has 0 saturated carbocycles. The van der Waals surface area contributed by atoms with Crippen LogP contribution in [0, 0.1) is 18.2 Å². The second-order valence-corrected chi connectivity index (χ2v) is 10.1. The van der Waals surface area contributed by atoms with Crippen molar-refractivity contribution in [3.05, 3.63) is 59.6 Å². The molecule has 2 aromatic carbocycles. The molecule has 186 valence electrons. The number of nitrogens with zero attached hydrogens (tertiary/aromatic N) is 2. The van der Waals surface area contributed by atoms with Crippen LogP contribution in [-0.2, 0) is 4.74 Å². The zero-order valence-electron chi connectivity index (χ0n) is 20.8. The maximum atomic E-state index is 14.5. The number of aryl methyl sites for hydroxylation is 1. The standard InChI is InChI=1S/C27H33FN4O3/c1-18-6-7-20(15-23(18)24-16-25(35-31-24)26(33)29-17-27(2,3)4)30-21-12-19(28)13-22(14-21)32-8-5-10-34-11-9-32/h6-7,12-16,30H,5,8-11,17H2,1-4H3,(H,29,33). The van der Waals surface area contributed by atoms with E-state index in [-0.39, 0.29) is 22.9 Å². The first-order chi connectivity index (χ1) is 16.7. The Balaban J connectivity index is 1.53. The highest BCUT2D eigenvalue weighted by molar-refractivity contribution is 5.92. The van der Waals surface area contributed by atoms with Gasteiger partial charge in [-0.25, -0.2) is 4.39 Å². The molecule has 0 spiro atoms. The van der Waals surface area contributed by atoms with Crippen molar-refractivity contribution in [2.24, 2.45) is 5.41 Å². The maximum Gasteiger partial charge on any atom is 0.289 e. The Hall–Kier alpha value is -3.39. The van der Waals surface area contributed by atoms with Crippen molar-refractivity contribution < 1.29 is 18.4 Å². The van der Waals surface area contributed by atoms with Crippen LogP contribution in [0.25, 0.3) is 11.3 Å². The van der Waals surface area contributed by atoms with Crippen LogP contribution in [-0.4, -0.2) is 43.9 Å². The number of nitrogens with one attached hydrogen (secondary N) is 2. The fourth-order valence-electron chi connectivity index (χ4n) is 3.92. The molecule has 0 unspecified atom stereocenters. The zero-order chi connectivity index (χ0) is 25.0. The minimum Gasteiger partial charge on any atom is -0.380 e. The van der Waals surface area contributed by atoms with Gasteiger partial charge in [0.1, 0.15) is 11.5 Å². The van der Waals surface area contributed by atoms with Gasteiger partial charge in [0.2, 0.25) is 5.76 Å². The van der Waals surface area contributed by atoms with E-state index in [2.05, 4.69) is 20.7 Å². The van der Waals surface area contributed by atoms with Crippen molar-refractivity contribution in [2.75, 3.05) is 43.1 Å². The van der Waals surface area contributed by atoms with Crippen molar-refractivity contribution in [2.45, 2.75) is 34.1 Å². The molecule has 1 aromatic heterocycles. The molecule has 0 bridgehead atoms. The summed E-state index contributed by atoms with van der Waals surface area (Å²) >= 11 is 0. The minimum absolute atomic E-state index is 0.0348. The highest BCUT2D eigenvalue weighted by Crippen LogP contribution is 2.30. The van der Waals surface area contributed by atoms with Crippen LogP contribution in [0.4, 0.5) is 21.5 Å². The number of hydrogen-bond donors (Lipinski definition) is 2. The number of hydrogen-bond acceptors (Lipinski definition) is 6. The van der Waals surface area contributed by atoms with Gasteiger partial charge in [-0.2, -0.15) is 0 Å². The van der Waals surface area contributed by atoms with Gasteiger partial charge >= 0.3 is 0 Å². The lowest BCUT2D eigenvalue weighted by molar-refractivity contribution is 0.0902. The van der Waals surface area contributed by atoms with Crippen molar-refractivity contribution in [1.82, 2.24) is 10.5 Å². The molecule has 7 nitrogen and oxygen atoms in total. The van der Waals surface area contributed by atoms with E-state index in [0.717, 1.165) is 48.6 Å². The summed E-state index contributed by atoms with van der Waals surface area (Å²) in [5, 5.41) is 10.3. The SMILES string of the molecule is Cc1ccc(Nc2cc(F)cc(N3CCCOCC3)c2)cc1-c1cc(C(=O)NCC(C)(C)C)on1. The molecular weight excluding hydrogens is 447 g/mol. The predicted octanol–water partition coefficient (Wildman–Crippen LogP) is 5.54. The third-order valence-corrected chi connectivity index (χ3v) is 5.79. The molecule has 1 aliphatic rings. The van der Waals surface area contributed by atoms with Gasteiger partial charge < -0.3 is 24.8 Å². The number of aromatic nitrogens is 1. The number of halogens is 1. The van der Waals surface area contributed by atoms with E-state index >= 15 is 0 Å². The normalized spacial score (nSPS) is 14.5. The first-order valence-electron chi connectivity index (χ1n) is 11.9. The van der Waals surface area contributed by atoms with Crippen LogP contribution in [0.5, 0.6) is 0 Å². The number of anilines is 3. The Bertz CT molecular complexity index is 1180. The molecule has 1 aliphatic heterocycles. The van der Waals surface area contributed by atoms with Crippen LogP contribution < -0.4 is 15.5 Å². The Morgan fingerprint density at radius 2 is 1.91 bits per heavy atom. The molecule has 3 aromatic rings. The molecule has 2 N–H and O–H groups in total. The Morgan fingerprint density at radius 1 is 1.09 bits per heavy atom. The van der Waals surface area contributed by atoms with E-state index < -0.39 is 0 Å². The van der Waals surface area contributed by atoms with E-state index in [4.69, 9.17) is 9.26 Å². The summed E-state index contributed by atoms with van der Waals surface area (Å²) in [7, 11) is 0. The summed E-state index contributed by atoms with van der Waals surface area (Å²) in [4.78, 5) is 14.6. The van der Waals surface area contributed by atoms with Crippen molar-refractivity contribution in [3.63, 3.8) is 0 Å². The average Bonchev–Trinajstić information content (AvgIpc) is 3.12. The molecule has 0 aliphatic carbocycles. The van der Waals surface area contributed by atoms with E-state index in [1.54, 1.807) is 12.1 Å². The predicted molar refractivity (Wildman–Crippen MR) is 136 cm³/mol. The highest BCUT2D eigenvalue weighted by Gasteiger charge is 2.18. The third kappa shape index (κ3) is 6.60. The molecule has 2 heterocycles. The van der Waals surface area contributed by atoms with Gasteiger partial charge in [-0.15, -0.1) is 0 Å². The lowest BCUT2D eigenvalue weighted by Gasteiger charge is -2.23. The molecule has 1 saturated heterocycles. The van der Waals surface area contributed by atoms with Crippen molar-refractivity contribution in [1.29, 1.82) is 0 Å². The summed E-state index contributed by atoms with van der Waals surface area (Å²) in [6.07, 6.45) is 0.911. The molecule has 8 heteroatoms. The summed E-state index contributed by atoms with van der Waals surface area (Å²) in [5.74, 6) is -0.431. The number of carbonyl (C=O) groups is 1. The second kappa shape index (κ2) is 10.5. The van der Waals surface area contributed by atoms with Crippen LogP contribution in [0.15, 0.2) is 47.0 Å². The molecular formula is C27H33FN4O3. The van der Waals surface area contributed by atoms with Crippen LogP contribution in [0.3, 0.4) is 0 Å². The summed E-state index contributed by atoms with van der Waals surface area (Å²) in [5.41, 5.74) is 4.60. The van der Waals surface area contributed by atoms with Crippen molar-refractivity contribution >= 4 is 23.0 Å². The number of amides is 1. The van der Waals surface area contributed by atoms with E-state index in [1.807, 2.05) is 52.0 Å². The van der Waals surface area contributed by atoms with Gasteiger partial charge in [-0.1, -0.05) is 32.0 Å². The largest absolute Gasteiger partial charge is 0.380 e. The first kappa shape index (κ1) is 24.7. The lowest BCUT2D eigenvalue weighted by Crippen LogP contribution is -2.31. The maximum absolute atomic E-state index is 14.5. The third-order valence-electron chi connectivity index (χ3n) is 5.79. The number of rotatable bonds is 6. The second-order valence-electron chi connectivity index (χ2n) is 10.1. The van der Waals surface area contributed by atoms with Crippen LogP contribution in [0.2, 0.25) is 0 Å². The quantitative estimate of drug-likeness (QED) is 0.483. The minimum atomic E-state index is -0.301. The smallest absolute Gasteiger partial charge is 0.289 e. The monoisotopic (exact) mass is 480 g/mol. The van der Waals surface area contributed by atoms with Crippen LogP contribution >= 0.6 is 0 Å².